The third-order valence-corrected chi connectivity index (χ3v) is 7.20. The number of halogens is 1. The summed E-state index contributed by atoms with van der Waals surface area (Å²) in [4.78, 5) is 18.4. The van der Waals surface area contributed by atoms with E-state index in [2.05, 4.69) is 29.0 Å². The fourth-order valence-electron chi connectivity index (χ4n) is 4.13. The Morgan fingerprint density at radius 1 is 1.15 bits per heavy atom. The van der Waals surface area contributed by atoms with Crippen LogP contribution in [0.1, 0.15) is 27.7 Å². The zero-order valence-corrected chi connectivity index (χ0v) is 19.9. The first kappa shape index (κ1) is 21.9. The van der Waals surface area contributed by atoms with E-state index in [0.717, 1.165) is 59.6 Å². The van der Waals surface area contributed by atoms with Gasteiger partial charge in [-0.15, -0.1) is 11.3 Å². The molecule has 1 aliphatic heterocycles. The molecule has 9 heteroatoms. The maximum atomic E-state index is 14.8. The van der Waals surface area contributed by atoms with Crippen molar-refractivity contribution in [3.05, 3.63) is 64.1 Å². The average molecular weight is 467 g/mol. The van der Waals surface area contributed by atoms with Crippen LogP contribution in [0.2, 0.25) is 0 Å². The molecule has 0 unspecified atom stereocenters. The number of nitrogens with one attached hydrogen (secondary N) is 1. The third kappa shape index (κ3) is 4.48. The lowest BCUT2D eigenvalue weighted by molar-refractivity contribution is 0.0331. The predicted octanol–water partition coefficient (Wildman–Crippen LogP) is 4.39. The third-order valence-electron chi connectivity index (χ3n) is 6.10. The lowest BCUT2D eigenvalue weighted by atomic mass is 10.1. The number of aromatic nitrogens is 4. The highest BCUT2D eigenvalue weighted by atomic mass is 32.1. The van der Waals surface area contributed by atoms with Crippen LogP contribution in [-0.4, -0.2) is 50.7 Å². The second-order valence-electron chi connectivity index (χ2n) is 8.32. The number of nitrogens with zero attached hydrogens (tertiary/aromatic N) is 5. The summed E-state index contributed by atoms with van der Waals surface area (Å²) in [6, 6.07) is 5.30. The van der Waals surface area contributed by atoms with E-state index < -0.39 is 0 Å². The Hall–Kier alpha value is -2.88. The molecule has 0 bridgehead atoms. The van der Waals surface area contributed by atoms with Crippen LogP contribution in [-0.2, 0) is 17.8 Å². The Morgan fingerprint density at radius 3 is 2.70 bits per heavy atom. The van der Waals surface area contributed by atoms with Crippen molar-refractivity contribution in [1.29, 1.82) is 0 Å². The molecule has 1 N–H and O–H groups in total. The normalized spacial score (nSPS) is 14.8. The minimum Gasteiger partial charge on any atom is -0.379 e. The zero-order valence-electron chi connectivity index (χ0n) is 19.1. The van der Waals surface area contributed by atoms with Crippen LogP contribution in [0.15, 0.2) is 30.6 Å². The van der Waals surface area contributed by atoms with E-state index >= 15 is 0 Å². The monoisotopic (exact) mass is 466 g/mol. The van der Waals surface area contributed by atoms with E-state index in [9.17, 15) is 4.39 Å². The molecule has 0 aliphatic carbocycles. The summed E-state index contributed by atoms with van der Waals surface area (Å²) in [6.07, 6.45) is 3.44. The molecule has 33 heavy (non-hydrogen) atoms. The molecule has 4 aromatic rings. The number of morpholine rings is 1. The SMILES string of the molecule is Cc1sc2nc(CN3CCOCC3)nc(NCc3ccc(-n4ccnc4C)c(F)c3)c2c1C. The van der Waals surface area contributed by atoms with Gasteiger partial charge in [0.05, 0.1) is 30.8 Å². The second kappa shape index (κ2) is 9.17. The Kier molecular flexibility index (Phi) is 6.09. The van der Waals surface area contributed by atoms with E-state index in [1.807, 2.05) is 13.0 Å². The first-order valence-corrected chi connectivity index (χ1v) is 11.9. The summed E-state index contributed by atoms with van der Waals surface area (Å²) in [5.74, 6) is 2.07. The first-order valence-electron chi connectivity index (χ1n) is 11.1. The number of imidazole rings is 1. The van der Waals surface area contributed by atoms with Gasteiger partial charge in [-0.05, 0) is 44.0 Å². The maximum absolute atomic E-state index is 14.8. The van der Waals surface area contributed by atoms with Crippen molar-refractivity contribution < 1.29 is 9.13 Å². The summed E-state index contributed by atoms with van der Waals surface area (Å²) in [7, 11) is 0. The number of ether oxygens (including phenoxy) is 1. The van der Waals surface area contributed by atoms with Gasteiger partial charge in [0.1, 0.15) is 28.1 Å². The van der Waals surface area contributed by atoms with E-state index in [0.29, 0.717) is 18.8 Å². The highest BCUT2D eigenvalue weighted by Gasteiger charge is 2.18. The fraction of sp³-hybridized carbons (Fsp3) is 0.375. The van der Waals surface area contributed by atoms with Gasteiger partial charge in [0, 0.05) is 36.9 Å². The zero-order chi connectivity index (χ0) is 22.9. The second-order valence-corrected chi connectivity index (χ2v) is 9.53. The number of fused-ring (bicyclic) bond motifs is 1. The summed E-state index contributed by atoms with van der Waals surface area (Å²) in [5, 5.41) is 4.51. The highest BCUT2D eigenvalue weighted by molar-refractivity contribution is 7.18. The Labute approximate surface area is 196 Å². The molecular formula is C24H27FN6OS. The van der Waals surface area contributed by atoms with Crippen LogP contribution >= 0.6 is 11.3 Å². The molecule has 1 aliphatic rings. The van der Waals surface area contributed by atoms with Crippen molar-refractivity contribution in [2.75, 3.05) is 31.6 Å². The molecule has 4 heterocycles. The molecule has 0 radical (unpaired) electrons. The molecule has 0 spiro atoms. The minimum atomic E-state index is -0.279. The van der Waals surface area contributed by atoms with E-state index in [-0.39, 0.29) is 5.82 Å². The highest BCUT2D eigenvalue weighted by Crippen LogP contribution is 2.33. The molecule has 5 rings (SSSR count). The Balaban J connectivity index is 1.40. The van der Waals surface area contributed by atoms with Crippen molar-refractivity contribution in [2.24, 2.45) is 0 Å². The van der Waals surface area contributed by atoms with Gasteiger partial charge in [-0.2, -0.15) is 0 Å². The molecular weight excluding hydrogens is 439 g/mol. The van der Waals surface area contributed by atoms with Crippen LogP contribution in [0.25, 0.3) is 15.9 Å². The van der Waals surface area contributed by atoms with Crippen LogP contribution in [0.3, 0.4) is 0 Å². The van der Waals surface area contributed by atoms with Gasteiger partial charge in [0.25, 0.3) is 0 Å². The first-order chi connectivity index (χ1) is 16.0. The van der Waals surface area contributed by atoms with Gasteiger partial charge in [0.15, 0.2) is 0 Å². The number of hydrogen-bond acceptors (Lipinski definition) is 7. The molecule has 7 nitrogen and oxygen atoms in total. The summed E-state index contributed by atoms with van der Waals surface area (Å²) < 4.78 is 22.1. The number of benzene rings is 1. The Bertz CT molecular complexity index is 1290. The molecule has 1 aromatic carbocycles. The molecule has 1 fully saturated rings. The number of anilines is 1. The molecule has 172 valence electrons. The van der Waals surface area contributed by atoms with Crippen molar-refractivity contribution in [2.45, 2.75) is 33.9 Å². The lowest BCUT2D eigenvalue weighted by Gasteiger charge is -2.25. The van der Waals surface area contributed by atoms with Crippen molar-refractivity contribution >= 4 is 27.4 Å². The van der Waals surface area contributed by atoms with Crippen molar-refractivity contribution in [3.8, 4) is 5.69 Å². The number of rotatable bonds is 6. The Morgan fingerprint density at radius 2 is 1.97 bits per heavy atom. The van der Waals surface area contributed by atoms with Gasteiger partial charge in [-0.3, -0.25) is 4.90 Å². The van der Waals surface area contributed by atoms with Crippen molar-refractivity contribution in [1.82, 2.24) is 24.4 Å². The lowest BCUT2D eigenvalue weighted by Crippen LogP contribution is -2.36. The van der Waals surface area contributed by atoms with Crippen LogP contribution in [0, 0.1) is 26.6 Å². The van der Waals surface area contributed by atoms with E-state index in [1.165, 1.54) is 10.4 Å². The quantitative estimate of drug-likeness (QED) is 0.455. The summed E-state index contributed by atoms with van der Waals surface area (Å²) in [5.41, 5.74) is 2.53. The van der Waals surface area contributed by atoms with Gasteiger partial charge >= 0.3 is 0 Å². The van der Waals surface area contributed by atoms with Crippen molar-refractivity contribution in [3.63, 3.8) is 0 Å². The van der Waals surface area contributed by atoms with E-state index in [4.69, 9.17) is 14.7 Å². The smallest absolute Gasteiger partial charge is 0.147 e. The van der Waals surface area contributed by atoms with Crippen LogP contribution in [0.4, 0.5) is 10.2 Å². The number of hydrogen-bond donors (Lipinski definition) is 1. The molecule has 0 saturated carbocycles. The average Bonchev–Trinajstić information content (AvgIpc) is 3.35. The molecule has 3 aromatic heterocycles. The molecule has 1 saturated heterocycles. The van der Waals surface area contributed by atoms with Gasteiger partial charge in [-0.25, -0.2) is 19.3 Å². The summed E-state index contributed by atoms with van der Waals surface area (Å²) >= 11 is 1.69. The maximum Gasteiger partial charge on any atom is 0.147 e. The minimum absolute atomic E-state index is 0.279. The van der Waals surface area contributed by atoms with Gasteiger partial charge in [-0.1, -0.05) is 6.07 Å². The van der Waals surface area contributed by atoms with E-state index in [1.54, 1.807) is 40.4 Å². The van der Waals surface area contributed by atoms with Crippen LogP contribution in [0.5, 0.6) is 0 Å². The molecule has 0 atom stereocenters. The summed E-state index contributed by atoms with van der Waals surface area (Å²) in [6.45, 7) is 10.5. The van der Waals surface area contributed by atoms with Crippen LogP contribution < -0.4 is 5.32 Å². The molecule has 0 amide bonds. The van der Waals surface area contributed by atoms with Gasteiger partial charge < -0.3 is 14.6 Å². The number of thiophene rings is 1. The largest absolute Gasteiger partial charge is 0.379 e. The topological polar surface area (TPSA) is 68.1 Å². The predicted molar refractivity (Wildman–Crippen MR) is 129 cm³/mol. The number of aryl methyl sites for hydroxylation is 3. The van der Waals surface area contributed by atoms with Gasteiger partial charge in [0.2, 0.25) is 0 Å². The standard InChI is InChI=1S/C24H27FN6OS/c1-15-16(2)33-24-22(15)23(28-21(29-24)14-30-8-10-32-11-9-30)27-13-18-4-5-20(19(25)12-18)31-7-6-26-17(31)3/h4-7,12H,8-11,13-14H2,1-3H3,(H,27,28,29). The fourth-order valence-corrected chi connectivity index (χ4v) is 5.17.